The highest BCUT2D eigenvalue weighted by Gasteiger charge is 2.14. The van der Waals surface area contributed by atoms with Crippen molar-refractivity contribution in [3.8, 4) is 16.9 Å². The van der Waals surface area contributed by atoms with Gasteiger partial charge in [0.05, 0.1) is 12.7 Å². The number of carbonyl (C=O) groups excluding carboxylic acids is 3. The lowest BCUT2D eigenvalue weighted by molar-refractivity contribution is 0.0474. The van der Waals surface area contributed by atoms with Gasteiger partial charge < -0.3 is 14.8 Å². The van der Waals surface area contributed by atoms with Gasteiger partial charge in [-0.05, 0) is 47.5 Å². The summed E-state index contributed by atoms with van der Waals surface area (Å²) in [4.78, 5) is 37.5. The number of esters is 1. The summed E-state index contributed by atoms with van der Waals surface area (Å²) in [5, 5.41) is 2.75. The van der Waals surface area contributed by atoms with Crippen molar-refractivity contribution in [3.63, 3.8) is 0 Å². The smallest absolute Gasteiger partial charge is 0.338 e. The van der Waals surface area contributed by atoms with Gasteiger partial charge in [-0.2, -0.15) is 0 Å². The third kappa shape index (κ3) is 6.00. The Labute approximate surface area is 203 Å². The van der Waals surface area contributed by atoms with Crippen LogP contribution in [-0.2, 0) is 4.74 Å². The average molecular weight is 466 g/mol. The summed E-state index contributed by atoms with van der Waals surface area (Å²) in [6, 6.07) is 30.1. The van der Waals surface area contributed by atoms with E-state index in [9.17, 15) is 14.4 Å². The van der Waals surface area contributed by atoms with Crippen LogP contribution in [0.15, 0.2) is 103 Å². The second-order valence-electron chi connectivity index (χ2n) is 7.71. The topological polar surface area (TPSA) is 81.7 Å². The second-order valence-corrected chi connectivity index (χ2v) is 7.71. The van der Waals surface area contributed by atoms with Crippen LogP contribution in [0.2, 0.25) is 0 Å². The zero-order valence-electron chi connectivity index (χ0n) is 19.1. The SMILES string of the molecule is COc1cccc(C(=O)Nc2cccc(C(=O)OCC(=O)c3ccc(-c4ccccc4)cc3)c2)c1. The van der Waals surface area contributed by atoms with Crippen LogP contribution < -0.4 is 10.1 Å². The molecule has 0 aliphatic carbocycles. The summed E-state index contributed by atoms with van der Waals surface area (Å²) in [7, 11) is 1.52. The fourth-order valence-electron chi connectivity index (χ4n) is 3.47. The van der Waals surface area contributed by atoms with E-state index >= 15 is 0 Å². The number of carbonyl (C=O) groups is 3. The van der Waals surface area contributed by atoms with Crippen LogP contribution in [-0.4, -0.2) is 31.4 Å². The molecule has 6 nitrogen and oxygen atoms in total. The fraction of sp³-hybridized carbons (Fsp3) is 0.0690. The van der Waals surface area contributed by atoms with Crippen LogP contribution in [0.25, 0.3) is 11.1 Å². The highest BCUT2D eigenvalue weighted by atomic mass is 16.5. The first-order valence-corrected chi connectivity index (χ1v) is 10.9. The Hall–Kier alpha value is -4.71. The Balaban J connectivity index is 1.35. The van der Waals surface area contributed by atoms with Gasteiger partial charge in [0.1, 0.15) is 5.75 Å². The van der Waals surface area contributed by atoms with Crippen molar-refractivity contribution in [3.05, 3.63) is 120 Å². The number of ketones is 1. The Bertz CT molecular complexity index is 1350. The average Bonchev–Trinajstić information content (AvgIpc) is 2.92. The van der Waals surface area contributed by atoms with Crippen LogP contribution in [0.5, 0.6) is 5.75 Å². The maximum absolute atomic E-state index is 12.5. The zero-order chi connectivity index (χ0) is 24.6. The van der Waals surface area contributed by atoms with Crippen molar-refractivity contribution in [1.29, 1.82) is 0 Å². The molecule has 0 aliphatic heterocycles. The van der Waals surface area contributed by atoms with E-state index in [1.54, 1.807) is 54.6 Å². The van der Waals surface area contributed by atoms with Gasteiger partial charge in [0.25, 0.3) is 5.91 Å². The lowest BCUT2D eigenvalue weighted by atomic mass is 10.0. The minimum Gasteiger partial charge on any atom is -0.497 e. The molecule has 6 heteroatoms. The molecule has 0 unspecified atom stereocenters. The lowest BCUT2D eigenvalue weighted by Gasteiger charge is -2.09. The van der Waals surface area contributed by atoms with Crippen molar-refractivity contribution in [2.75, 3.05) is 19.0 Å². The van der Waals surface area contributed by atoms with Crippen molar-refractivity contribution < 1.29 is 23.9 Å². The molecule has 4 rings (SSSR count). The summed E-state index contributed by atoms with van der Waals surface area (Å²) in [5.74, 6) is -0.741. The van der Waals surface area contributed by atoms with E-state index in [1.807, 2.05) is 42.5 Å². The number of methoxy groups -OCH3 is 1. The standard InChI is InChI=1S/C29H23NO5/c1-34-26-12-6-9-23(18-26)28(32)30-25-11-5-10-24(17-25)29(33)35-19-27(31)22-15-13-21(14-16-22)20-7-3-2-4-8-20/h2-18H,19H2,1H3,(H,30,32). The molecule has 0 aromatic heterocycles. The van der Waals surface area contributed by atoms with Crippen molar-refractivity contribution in [1.82, 2.24) is 0 Å². The summed E-state index contributed by atoms with van der Waals surface area (Å²) in [6.45, 7) is -0.385. The number of ether oxygens (including phenoxy) is 2. The van der Waals surface area contributed by atoms with Gasteiger partial charge >= 0.3 is 5.97 Å². The molecule has 1 N–H and O–H groups in total. The first-order valence-electron chi connectivity index (χ1n) is 10.9. The van der Waals surface area contributed by atoms with Crippen molar-refractivity contribution in [2.45, 2.75) is 0 Å². The molecule has 0 fully saturated rings. The van der Waals surface area contributed by atoms with Gasteiger partial charge in [0.2, 0.25) is 0 Å². The Morgan fingerprint density at radius 3 is 2.11 bits per heavy atom. The largest absolute Gasteiger partial charge is 0.497 e. The normalized spacial score (nSPS) is 10.3. The first-order chi connectivity index (χ1) is 17.0. The molecule has 0 radical (unpaired) electrons. The van der Waals surface area contributed by atoms with E-state index in [2.05, 4.69) is 5.32 Å². The minimum absolute atomic E-state index is 0.223. The monoisotopic (exact) mass is 465 g/mol. The molecule has 4 aromatic carbocycles. The minimum atomic E-state index is -0.656. The molecule has 0 saturated heterocycles. The van der Waals surface area contributed by atoms with E-state index in [4.69, 9.17) is 9.47 Å². The third-order valence-corrected chi connectivity index (χ3v) is 5.34. The molecular weight excluding hydrogens is 442 g/mol. The summed E-state index contributed by atoms with van der Waals surface area (Å²) >= 11 is 0. The molecule has 0 bridgehead atoms. The van der Waals surface area contributed by atoms with E-state index in [-0.39, 0.29) is 23.9 Å². The number of hydrogen-bond acceptors (Lipinski definition) is 5. The quantitative estimate of drug-likeness (QED) is 0.268. The van der Waals surface area contributed by atoms with Gasteiger partial charge in [-0.1, -0.05) is 66.7 Å². The lowest BCUT2D eigenvalue weighted by Crippen LogP contribution is -2.15. The molecule has 35 heavy (non-hydrogen) atoms. The van der Waals surface area contributed by atoms with Crippen molar-refractivity contribution in [2.24, 2.45) is 0 Å². The van der Waals surface area contributed by atoms with Gasteiger partial charge in [0.15, 0.2) is 12.4 Å². The van der Waals surface area contributed by atoms with Crippen LogP contribution in [0.3, 0.4) is 0 Å². The van der Waals surface area contributed by atoms with Crippen LogP contribution in [0.4, 0.5) is 5.69 Å². The van der Waals surface area contributed by atoms with Crippen molar-refractivity contribution >= 4 is 23.3 Å². The molecule has 0 heterocycles. The number of amides is 1. The van der Waals surface area contributed by atoms with Crippen LogP contribution in [0, 0.1) is 0 Å². The maximum atomic E-state index is 12.5. The second kappa shape index (κ2) is 10.9. The molecule has 0 spiro atoms. The predicted octanol–water partition coefficient (Wildman–Crippen LogP) is 5.65. The van der Waals surface area contributed by atoms with E-state index in [1.165, 1.54) is 13.2 Å². The number of Topliss-reactive ketones (excluding diaryl/α,β-unsaturated/α-hetero) is 1. The first kappa shape index (κ1) is 23.4. The Morgan fingerprint density at radius 1 is 0.686 bits per heavy atom. The van der Waals surface area contributed by atoms with E-state index in [0.717, 1.165) is 11.1 Å². The van der Waals surface area contributed by atoms with Gasteiger partial charge in [-0.25, -0.2) is 4.79 Å². The van der Waals surface area contributed by atoms with Crippen LogP contribution in [0.1, 0.15) is 31.1 Å². The number of anilines is 1. The highest BCUT2D eigenvalue weighted by molar-refractivity contribution is 6.05. The Kier molecular flexibility index (Phi) is 7.33. The van der Waals surface area contributed by atoms with Gasteiger partial charge in [-0.15, -0.1) is 0 Å². The molecule has 0 aliphatic rings. The molecule has 0 saturated carbocycles. The number of benzene rings is 4. The predicted molar refractivity (Wildman–Crippen MR) is 134 cm³/mol. The molecular formula is C29H23NO5. The third-order valence-electron chi connectivity index (χ3n) is 5.34. The van der Waals surface area contributed by atoms with E-state index in [0.29, 0.717) is 22.6 Å². The number of hydrogen-bond donors (Lipinski definition) is 1. The Morgan fingerprint density at radius 2 is 1.37 bits per heavy atom. The van der Waals surface area contributed by atoms with Gasteiger partial charge in [0, 0.05) is 16.8 Å². The van der Waals surface area contributed by atoms with Crippen LogP contribution >= 0.6 is 0 Å². The van der Waals surface area contributed by atoms with Gasteiger partial charge in [-0.3, -0.25) is 9.59 Å². The highest BCUT2D eigenvalue weighted by Crippen LogP contribution is 2.20. The summed E-state index contributed by atoms with van der Waals surface area (Å²) < 4.78 is 10.4. The molecule has 4 aromatic rings. The molecule has 174 valence electrons. The zero-order valence-corrected chi connectivity index (χ0v) is 19.1. The number of nitrogens with one attached hydrogen (secondary N) is 1. The molecule has 0 atom stereocenters. The fourth-order valence-corrected chi connectivity index (χ4v) is 3.47. The summed E-state index contributed by atoms with van der Waals surface area (Å²) in [5.41, 5.74) is 3.57. The van der Waals surface area contributed by atoms with E-state index < -0.39 is 5.97 Å². The number of rotatable bonds is 8. The maximum Gasteiger partial charge on any atom is 0.338 e. The molecule has 1 amide bonds. The summed E-state index contributed by atoms with van der Waals surface area (Å²) in [6.07, 6.45) is 0.